The molecule has 0 amide bonds. The molecule has 0 spiro atoms. The fourth-order valence-electron chi connectivity index (χ4n) is 2.37. The number of hydrogen-bond donors (Lipinski definition) is 1. The summed E-state index contributed by atoms with van der Waals surface area (Å²) >= 11 is 0. The summed E-state index contributed by atoms with van der Waals surface area (Å²) in [5.74, 6) is 0. The van der Waals surface area contributed by atoms with Gasteiger partial charge in [-0.1, -0.05) is 31.2 Å². The topological polar surface area (TPSA) is 12.0 Å². The molecule has 1 aromatic carbocycles. The Morgan fingerprint density at radius 3 is 2.38 bits per heavy atom. The number of aryl methyl sites for hydroxylation is 1. The number of rotatable bonds is 4. The summed E-state index contributed by atoms with van der Waals surface area (Å²) in [6.07, 6.45) is 2.75. The van der Waals surface area contributed by atoms with Gasteiger partial charge in [0.15, 0.2) is 0 Å². The van der Waals surface area contributed by atoms with Gasteiger partial charge in [-0.05, 0) is 50.2 Å². The second-order valence-electron chi connectivity index (χ2n) is 5.62. The van der Waals surface area contributed by atoms with Crippen molar-refractivity contribution in [2.75, 3.05) is 0 Å². The normalized spacial score (nSPS) is 21.5. The highest BCUT2D eigenvalue weighted by molar-refractivity contribution is 5.28. The van der Waals surface area contributed by atoms with Crippen LogP contribution in [-0.2, 0) is 0 Å². The van der Waals surface area contributed by atoms with E-state index in [-0.39, 0.29) is 0 Å². The Kier molecular flexibility index (Phi) is 3.07. The molecule has 0 aromatic heterocycles. The van der Waals surface area contributed by atoms with Gasteiger partial charge in [-0.2, -0.15) is 0 Å². The van der Waals surface area contributed by atoms with E-state index in [9.17, 15) is 0 Å². The van der Waals surface area contributed by atoms with Crippen LogP contribution in [0, 0.1) is 12.3 Å². The van der Waals surface area contributed by atoms with Crippen LogP contribution in [0.15, 0.2) is 24.3 Å². The Balaban J connectivity index is 2.03. The molecule has 0 radical (unpaired) electrons. The molecule has 0 bridgehead atoms. The van der Waals surface area contributed by atoms with E-state index in [1.807, 2.05) is 0 Å². The average Bonchev–Trinajstić information content (AvgIpc) is 2.98. The van der Waals surface area contributed by atoms with Crippen LogP contribution in [0.1, 0.15) is 50.8 Å². The monoisotopic (exact) mass is 217 g/mol. The van der Waals surface area contributed by atoms with E-state index in [4.69, 9.17) is 0 Å². The minimum atomic E-state index is 0.452. The van der Waals surface area contributed by atoms with E-state index in [1.165, 1.54) is 24.0 Å². The lowest BCUT2D eigenvalue weighted by atomic mass is 9.97. The number of hydrogen-bond acceptors (Lipinski definition) is 1. The SMILES string of the molecule is Cc1ccccc1[C@H](C)NC(C)C1(C)CC1. The Labute approximate surface area is 99.3 Å². The Morgan fingerprint density at radius 1 is 1.19 bits per heavy atom. The highest BCUT2D eigenvalue weighted by atomic mass is 15.0. The van der Waals surface area contributed by atoms with Gasteiger partial charge in [0, 0.05) is 12.1 Å². The van der Waals surface area contributed by atoms with Gasteiger partial charge in [0.25, 0.3) is 0 Å². The fourth-order valence-corrected chi connectivity index (χ4v) is 2.37. The van der Waals surface area contributed by atoms with E-state index in [0.29, 0.717) is 17.5 Å². The average molecular weight is 217 g/mol. The molecule has 2 rings (SSSR count). The first-order chi connectivity index (χ1) is 7.53. The zero-order chi connectivity index (χ0) is 11.8. The van der Waals surface area contributed by atoms with Crippen molar-refractivity contribution >= 4 is 0 Å². The second-order valence-corrected chi connectivity index (χ2v) is 5.62. The van der Waals surface area contributed by atoms with Crippen LogP contribution in [0.5, 0.6) is 0 Å². The Hall–Kier alpha value is -0.820. The predicted molar refractivity (Wildman–Crippen MR) is 69.5 cm³/mol. The third-order valence-corrected chi connectivity index (χ3v) is 4.24. The summed E-state index contributed by atoms with van der Waals surface area (Å²) in [6, 6.07) is 9.73. The molecule has 1 unspecified atom stereocenters. The van der Waals surface area contributed by atoms with Crippen molar-refractivity contribution in [3.63, 3.8) is 0 Å². The van der Waals surface area contributed by atoms with E-state index in [0.717, 1.165) is 0 Å². The summed E-state index contributed by atoms with van der Waals surface area (Å²) in [7, 11) is 0. The third-order valence-electron chi connectivity index (χ3n) is 4.24. The lowest BCUT2D eigenvalue weighted by molar-refractivity contribution is 0.350. The molecule has 1 aromatic rings. The minimum Gasteiger partial charge on any atom is -0.307 e. The third kappa shape index (κ3) is 2.30. The molecule has 1 nitrogen and oxygen atoms in total. The zero-order valence-electron chi connectivity index (χ0n) is 10.9. The molecule has 1 N–H and O–H groups in total. The summed E-state index contributed by atoms with van der Waals surface area (Å²) in [5.41, 5.74) is 3.37. The van der Waals surface area contributed by atoms with Crippen LogP contribution in [0.2, 0.25) is 0 Å². The summed E-state index contributed by atoms with van der Waals surface area (Å²) in [4.78, 5) is 0. The molecule has 0 aliphatic heterocycles. The van der Waals surface area contributed by atoms with Crippen molar-refractivity contribution in [1.29, 1.82) is 0 Å². The van der Waals surface area contributed by atoms with E-state index in [1.54, 1.807) is 0 Å². The largest absolute Gasteiger partial charge is 0.307 e. The molecule has 0 heterocycles. The van der Waals surface area contributed by atoms with Crippen LogP contribution in [0.4, 0.5) is 0 Å². The van der Waals surface area contributed by atoms with Gasteiger partial charge >= 0.3 is 0 Å². The van der Waals surface area contributed by atoms with Gasteiger partial charge < -0.3 is 5.32 Å². The molecule has 88 valence electrons. The molecule has 1 aliphatic carbocycles. The smallest absolute Gasteiger partial charge is 0.0297 e. The van der Waals surface area contributed by atoms with Gasteiger partial charge in [-0.25, -0.2) is 0 Å². The van der Waals surface area contributed by atoms with Crippen molar-refractivity contribution < 1.29 is 0 Å². The maximum Gasteiger partial charge on any atom is 0.0297 e. The lowest BCUT2D eigenvalue weighted by Gasteiger charge is -2.26. The second kappa shape index (κ2) is 4.21. The predicted octanol–water partition coefficient (Wildman–Crippen LogP) is 3.83. The Morgan fingerprint density at radius 2 is 1.81 bits per heavy atom. The summed E-state index contributed by atoms with van der Waals surface area (Å²) in [6.45, 7) is 9.17. The molecule has 2 atom stereocenters. The first-order valence-corrected chi connectivity index (χ1v) is 6.34. The van der Waals surface area contributed by atoms with Gasteiger partial charge in [-0.3, -0.25) is 0 Å². The first kappa shape index (κ1) is 11.7. The van der Waals surface area contributed by atoms with Crippen LogP contribution in [-0.4, -0.2) is 6.04 Å². The highest BCUT2D eigenvalue weighted by Crippen LogP contribution is 2.48. The molecule has 1 heteroatoms. The van der Waals surface area contributed by atoms with Crippen molar-refractivity contribution in [2.24, 2.45) is 5.41 Å². The van der Waals surface area contributed by atoms with Crippen LogP contribution in [0.3, 0.4) is 0 Å². The molecular formula is C15H23N. The van der Waals surface area contributed by atoms with Crippen LogP contribution in [0.25, 0.3) is 0 Å². The fraction of sp³-hybridized carbons (Fsp3) is 0.600. The van der Waals surface area contributed by atoms with Crippen molar-refractivity contribution in [2.45, 2.75) is 52.6 Å². The first-order valence-electron chi connectivity index (χ1n) is 6.34. The molecule has 16 heavy (non-hydrogen) atoms. The van der Waals surface area contributed by atoms with E-state index >= 15 is 0 Å². The van der Waals surface area contributed by atoms with E-state index in [2.05, 4.69) is 57.3 Å². The van der Waals surface area contributed by atoms with Crippen molar-refractivity contribution in [3.8, 4) is 0 Å². The number of benzene rings is 1. The Bertz CT molecular complexity index is 365. The quantitative estimate of drug-likeness (QED) is 0.808. The van der Waals surface area contributed by atoms with Crippen LogP contribution >= 0.6 is 0 Å². The number of nitrogens with one attached hydrogen (secondary N) is 1. The zero-order valence-corrected chi connectivity index (χ0v) is 10.9. The summed E-state index contributed by atoms with van der Waals surface area (Å²) in [5, 5.41) is 3.74. The maximum atomic E-state index is 3.74. The minimum absolute atomic E-state index is 0.452. The summed E-state index contributed by atoms with van der Waals surface area (Å²) < 4.78 is 0. The molecular weight excluding hydrogens is 194 g/mol. The highest BCUT2D eigenvalue weighted by Gasteiger charge is 2.42. The van der Waals surface area contributed by atoms with E-state index < -0.39 is 0 Å². The van der Waals surface area contributed by atoms with Gasteiger partial charge in [-0.15, -0.1) is 0 Å². The van der Waals surface area contributed by atoms with Crippen molar-refractivity contribution in [3.05, 3.63) is 35.4 Å². The van der Waals surface area contributed by atoms with Gasteiger partial charge in [0.1, 0.15) is 0 Å². The molecule has 0 saturated heterocycles. The molecule has 1 saturated carbocycles. The lowest BCUT2D eigenvalue weighted by Crippen LogP contribution is -2.35. The molecule has 1 fully saturated rings. The van der Waals surface area contributed by atoms with Crippen molar-refractivity contribution in [1.82, 2.24) is 5.32 Å². The standard InChI is InChI=1S/C15H23N/c1-11-7-5-6-8-14(11)12(2)16-13(3)15(4)9-10-15/h5-8,12-13,16H,9-10H2,1-4H3/t12-,13?/m0/s1. The van der Waals surface area contributed by atoms with Gasteiger partial charge in [0.05, 0.1) is 0 Å². The van der Waals surface area contributed by atoms with Crippen LogP contribution < -0.4 is 5.32 Å². The van der Waals surface area contributed by atoms with Gasteiger partial charge in [0.2, 0.25) is 0 Å². The molecule has 1 aliphatic rings. The maximum absolute atomic E-state index is 3.74.